The summed E-state index contributed by atoms with van der Waals surface area (Å²) in [6.07, 6.45) is 0. The fraction of sp³-hybridized carbons (Fsp3) is 0.250. The van der Waals surface area contributed by atoms with E-state index in [2.05, 4.69) is 9.18 Å². The summed E-state index contributed by atoms with van der Waals surface area (Å²) in [6.45, 7) is 0.535. The molecule has 1 aromatic rings. The molecule has 0 unspecified atom stereocenters. The first-order valence-electron chi connectivity index (χ1n) is 5.81. The van der Waals surface area contributed by atoms with Gasteiger partial charge in [-0.05, 0) is 24.3 Å². The minimum absolute atomic E-state index is 0.0964. The number of carboxylic acids is 1. The predicted molar refractivity (Wildman–Crippen MR) is 79.5 cm³/mol. The lowest BCUT2D eigenvalue weighted by Gasteiger charge is -2.04. The van der Waals surface area contributed by atoms with Crippen molar-refractivity contribution >= 4 is 38.7 Å². The zero-order valence-electron chi connectivity index (χ0n) is 11.4. The maximum Gasteiger partial charge on any atom is 0.313 e. The topological polar surface area (TPSA) is 130 Å². The van der Waals surface area contributed by atoms with Crippen LogP contribution in [-0.4, -0.2) is 47.9 Å². The molecular weight excluding hydrogens is 334 g/mol. The third-order valence-corrected chi connectivity index (χ3v) is 4.52. The molecule has 0 bridgehead atoms. The number of thioether (sulfide) groups is 1. The highest BCUT2D eigenvalue weighted by atomic mass is 32.2. The fourth-order valence-corrected chi connectivity index (χ4v) is 2.63. The predicted octanol–water partition coefficient (Wildman–Crippen LogP) is 0.860. The maximum absolute atomic E-state index is 11.8. The standard InChI is InChI=1S/C12H13NO7S2/c1-8(14)12(21-6-11(16)17)13-7-20-22(18,19)10-4-2-9(15)3-5-10/h2-5,15H,6-7H2,1H3,(H,16,17)/b13-12-. The first kappa shape index (κ1) is 18.1. The van der Waals surface area contributed by atoms with Crippen LogP contribution in [0.1, 0.15) is 6.92 Å². The van der Waals surface area contributed by atoms with Crippen LogP contribution >= 0.6 is 11.8 Å². The Morgan fingerprint density at radius 3 is 2.36 bits per heavy atom. The third-order valence-electron chi connectivity index (χ3n) is 2.17. The summed E-state index contributed by atoms with van der Waals surface area (Å²) in [7, 11) is -4.08. The summed E-state index contributed by atoms with van der Waals surface area (Å²) in [5.41, 5.74) is 0. The molecule has 0 aliphatic carbocycles. The number of carboxylic acid groups (broad SMARTS) is 1. The largest absolute Gasteiger partial charge is 0.508 e. The van der Waals surface area contributed by atoms with Crippen molar-refractivity contribution in [2.24, 2.45) is 4.99 Å². The molecule has 0 saturated heterocycles. The van der Waals surface area contributed by atoms with Crippen molar-refractivity contribution in [3.8, 4) is 5.75 Å². The van der Waals surface area contributed by atoms with Gasteiger partial charge in [-0.2, -0.15) is 8.42 Å². The van der Waals surface area contributed by atoms with Gasteiger partial charge in [-0.3, -0.25) is 9.59 Å². The number of phenolic OH excluding ortho intramolecular Hbond substituents is 1. The number of carbonyl (C=O) groups excluding carboxylic acids is 1. The van der Waals surface area contributed by atoms with Gasteiger partial charge >= 0.3 is 5.97 Å². The van der Waals surface area contributed by atoms with E-state index in [1.54, 1.807) is 0 Å². The van der Waals surface area contributed by atoms with Gasteiger partial charge in [0.1, 0.15) is 10.8 Å². The Kier molecular flexibility index (Phi) is 6.53. The van der Waals surface area contributed by atoms with Crippen molar-refractivity contribution in [1.82, 2.24) is 0 Å². The monoisotopic (exact) mass is 347 g/mol. The second kappa shape index (κ2) is 7.92. The number of nitrogens with zero attached hydrogens (tertiary/aromatic N) is 1. The van der Waals surface area contributed by atoms with E-state index in [0.717, 1.165) is 12.1 Å². The van der Waals surface area contributed by atoms with E-state index in [4.69, 9.17) is 10.2 Å². The molecule has 10 heteroatoms. The van der Waals surface area contributed by atoms with Crippen LogP contribution in [0.4, 0.5) is 0 Å². The molecule has 1 aromatic carbocycles. The molecule has 8 nitrogen and oxygen atoms in total. The third kappa shape index (κ3) is 5.84. The number of phenols is 1. The molecule has 0 heterocycles. The molecule has 0 fully saturated rings. The highest BCUT2D eigenvalue weighted by Gasteiger charge is 2.15. The number of carbonyl (C=O) groups is 2. The Morgan fingerprint density at radius 1 is 1.27 bits per heavy atom. The number of aromatic hydroxyl groups is 1. The van der Waals surface area contributed by atoms with Crippen molar-refractivity contribution < 1.29 is 32.4 Å². The van der Waals surface area contributed by atoms with Gasteiger partial charge in [-0.1, -0.05) is 11.8 Å². The van der Waals surface area contributed by atoms with Gasteiger partial charge in [0, 0.05) is 6.92 Å². The normalized spacial score (nSPS) is 12.1. The summed E-state index contributed by atoms with van der Waals surface area (Å²) in [6, 6.07) is 4.67. The van der Waals surface area contributed by atoms with Crippen LogP contribution < -0.4 is 0 Å². The summed E-state index contributed by atoms with van der Waals surface area (Å²) in [4.78, 5) is 25.1. The maximum atomic E-state index is 11.8. The molecule has 0 radical (unpaired) electrons. The average molecular weight is 347 g/mol. The quantitative estimate of drug-likeness (QED) is 0.422. The molecular formula is C12H13NO7S2. The molecule has 0 aliphatic heterocycles. The molecule has 0 spiro atoms. The summed E-state index contributed by atoms with van der Waals surface area (Å²) >= 11 is 0.679. The van der Waals surface area contributed by atoms with Gasteiger partial charge in [0.25, 0.3) is 10.1 Å². The number of Topliss-reactive ketones (excluding diaryl/α,β-unsaturated/α-hetero) is 1. The van der Waals surface area contributed by atoms with Crippen LogP contribution in [-0.2, 0) is 23.9 Å². The van der Waals surface area contributed by atoms with Crippen LogP contribution in [0.2, 0.25) is 0 Å². The minimum atomic E-state index is -4.08. The van der Waals surface area contributed by atoms with Crippen molar-refractivity contribution in [3.05, 3.63) is 24.3 Å². The lowest BCUT2D eigenvalue weighted by molar-refractivity contribution is -0.133. The Labute approximate surface area is 130 Å². The molecule has 22 heavy (non-hydrogen) atoms. The van der Waals surface area contributed by atoms with Crippen LogP contribution in [0.3, 0.4) is 0 Å². The molecule has 2 N–H and O–H groups in total. The Hall–Kier alpha value is -1.91. The highest BCUT2D eigenvalue weighted by Crippen LogP contribution is 2.16. The smallest absolute Gasteiger partial charge is 0.313 e. The molecule has 0 atom stereocenters. The van der Waals surface area contributed by atoms with Gasteiger partial charge in [-0.15, -0.1) is 0 Å². The number of aliphatic imine (C=N–C) groups is 1. The Balaban J connectivity index is 2.73. The van der Waals surface area contributed by atoms with E-state index in [9.17, 15) is 18.0 Å². The second-order valence-corrected chi connectivity index (χ2v) is 6.48. The van der Waals surface area contributed by atoms with Gasteiger partial charge in [0.05, 0.1) is 10.6 Å². The van der Waals surface area contributed by atoms with E-state index in [1.165, 1.54) is 19.1 Å². The molecule has 120 valence electrons. The first-order valence-corrected chi connectivity index (χ1v) is 8.20. The van der Waals surface area contributed by atoms with Gasteiger partial charge in [-0.25, -0.2) is 9.18 Å². The second-order valence-electron chi connectivity index (χ2n) is 3.90. The molecule has 0 saturated carbocycles. The van der Waals surface area contributed by atoms with Crippen molar-refractivity contribution in [1.29, 1.82) is 0 Å². The highest BCUT2D eigenvalue weighted by molar-refractivity contribution is 8.16. The number of ketones is 1. The number of hydrogen-bond acceptors (Lipinski definition) is 8. The molecule has 0 aliphatic rings. The molecule has 1 rings (SSSR count). The van der Waals surface area contributed by atoms with Crippen molar-refractivity contribution in [3.63, 3.8) is 0 Å². The van der Waals surface area contributed by atoms with Crippen LogP contribution in [0.25, 0.3) is 0 Å². The van der Waals surface area contributed by atoms with Gasteiger partial charge in [0.15, 0.2) is 12.5 Å². The summed E-state index contributed by atoms with van der Waals surface area (Å²) in [5.74, 6) is -2.09. The number of rotatable bonds is 7. The zero-order chi connectivity index (χ0) is 16.8. The molecule has 0 amide bonds. The minimum Gasteiger partial charge on any atom is -0.508 e. The van der Waals surface area contributed by atoms with E-state index >= 15 is 0 Å². The van der Waals surface area contributed by atoms with E-state index in [1.807, 2.05) is 0 Å². The number of hydrogen-bond donors (Lipinski definition) is 2. The fourth-order valence-electron chi connectivity index (χ4n) is 1.22. The Morgan fingerprint density at radius 2 is 1.86 bits per heavy atom. The van der Waals surface area contributed by atoms with Crippen LogP contribution in [0, 0.1) is 0 Å². The van der Waals surface area contributed by atoms with E-state index in [0.29, 0.717) is 11.8 Å². The Bertz CT molecular complexity index is 680. The zero-order valence-corrected chi connectivity index (χ0v) is 13.1. The lowest BCUT2D eigenvalue weighted by atomic mass is 10.3. The van der Waals surface area contributed by atoms with Crippen molar-refractivity contribution in [2.75, 3.05) is 12.5 Å². The van der Waals surface area contributed by atoms with Gasteiger partial charge < -0.3 is 10.2 Å². The summed E-state index contributed by atoms with van der Waals surface area (Å²) < 4.78 is 28.2. The van der Waals surface area contributed by atoms with Crippen molar-refractivity contribution in [2.45, 2.75) is 11.8 Å². The summed E-state index contributed by atoms with van der Waals surface area (Å²) in [5, 5.41) is 17.5. The number of benzene rings is 1. The van der Waals surface area contributed by atoms with Crippen LogP contribution in [0.15, 0.2) is 34.2 Å². The van der Waals surface area contributed by atoms with E-state index < -0.39 is 28.6 Å². The molecule has 0 aromatic heterocycles. The van der Waals surface area contributed by atoms with Crippen LogP contribution in [0.5, 0.6) is 5.75 Å². The first-order chi connectivity index (χ1) is 10.2. The van der Waals surface area contributed by atoms with Gasteiger partial charge in [0.2, 0.25) is 0 Å². The lowest BCUT2D eigenvalue weighted by Crippen LogP contribution is -2.13. The van der Waals surface area contributed by atoms with E-state index in [-0.39, 0.29) is 21.4 Å². The average Bonchev–Trinajstić information content (AvgIpc) is 2.42. The number of aliphatic carboxylic acids is 1. The SMILES string of the molecule is CC(=O)/C(=N/COS(=O)(=O)c1ccc(O)cc1)SCC(=O)O.